The van der Waals surface area contributed by atoms with Gasteiger partial charge in [-0.3, -0.25) is 4.79 Å². The Morgan fingerprint density at radius 2 is 1.93 bits per heavy atom. The third-order valence-electron chi connectivity index (χ3n) is 4.27. The van der Waals surface area contributed by atoms with Crippen LogP contribution in [0.1, 0.15) is 37.1 Å². The minimum atomic E-state index is -1.60. The van der Waals surface area contributed by atoms with Crippen LogP contribution in [0.5, 0.6) is 0 Å². The van der Waals surface area contributed by atoms with E-state index in [1.807, 2.05) is 18.2 Å². The first kappa shape index (κ1) is 24.1. The van der Waals surface area contributed by atoms with E-state index in [9.17, 15) is 14.8 Å². The number of carbonyl (C=O) groups is 1. The van der Waals surface area contributed by atoms with E-state index in [0.29, 0.717) is 25.2 Å². The summed E-state index contributed by atoms with van der Waals surface area (Å²) in [5.74, 6) is -0.347. The third kappa shape index (κ3) is 8.84. The van der Waals surface area contributed by atoms with Crippen LogP contribution >= 0.6 is 12.4 Å². The van der Waals surface area contributed by atoms with Crippen LogP contribution in [0.25, 0.3) is 0 Å². The molecule has 1 amide bonds. The first-order valence-corrected chi connectivity index (χ1v) is 9.36. The minimum Gasteiger partial charge on any atom is -0.426 e. The fourth-order valence-electron chi connectivity index (χ4n) is 2.82. The summed E-state index contributed by atoms with van der Waals surface area (Å²) in [5, 5.41) is 25.7. The molecule has 1 unspecified atom stereocenters. The first-order valence-electron chi connectivity index (χ1n) is 9.36. The van der Waals surface area contributed by atoms with Crippen molar-refractivity contribution in [3.05, 3.63) is 48.0 Å². The lowest BCUT2D eigenvalue weighted by Crippen LogP contribution is -2.47. The highest BCUT2D eigenvalue weighted by Crippen LogP contribution is 2.06. The summed E-state index contributed by atoms with van der Waals surface area (Å²) >= 11 is 0. The number of carbonyl (C=O) groups excluding carboxylic acids is 1. The maximum Gasteiger partial charge on any atom is 0.475 e. The molecule has 0 saturated heterocycles. The van der Waals surface area contributed by atoms with Crippen molar-refractivity contribution in [1.82, 2.24) is 20.1 Å². The molecule has 2 aromatic rings. The molecule has 0 aliphatic heterocycles. The summed E-state index contributed by atoms with van der Waals surface area (Å²) in [4.78, 5) is 16.4. The van der Waals surface area contributed by atoms with Gasteiger partial charge in [-0.25, -0.2) is 9.67 Å². The van der Waals surface area contributed by atoms with Gasteiger partial charge in [0.05, 0.1) is 5.94 Å². The molecule has 0 aliphatic rings. The molecule has 0 saturated carbocycles. The minimum absolute atomic E-state index is 0. The number of nitrogens with two attached hydrogens (primary N) is 1. The first-order chi connectivity index (χ1) is 13.1. The van der Waals surface area contributed by atoms with Gasteiger partial charge >= 0.3 is 7.12 Å². The molecule has 8 nitrogen and oxygen atoms in total. The molecule has 1 heterocycles. The highest BCUT2D eigenvalue weighted by atomic mass is 35.5. The smallest absolute Gasteiger partial charge is 0.426 e. The average molecular weight is 410 g/mol. The van der Waals surface area contributed by atoms with Crippen molar-refractivity contribution in [2.45, 2.75) is 51.0 Å². The number of nitrogens with zero attached hydrogens (tertiary/aromatic N) is 3. The van der Waals surface area contributed by atoms with E-state index in [1.165, 1.54) is 16.6 Å². The van der Waals surface area contributed by atoms with Gasteiger partial charge in [-0.2, -0.15) is 5.10 Å². The molecular formula is C18H29BClN5O3. The molecule has 0 radical (unpaired) electrons. The van der Waals surface area contributed by atoms with E-state index in [-0.39, 0.29) is 24.9 Å². The van der Waals surface area contributed by atoms with Gasteiger partial charge in [0.15, 0.2) is 5.82 Å². The molecule has 154 valence electrons. The summed E-state index contributed by atoms with van der Waals surface area (Å²) < 4.78 is 1.47. The molecule has 0 bridgehead atoms. The molecule has 5 N–H and O–H groups in total. The van der Waals surface area contributed by atoms with Crippen molar-refractivity contribution in [2.24, 2.45) is 5.73 Å². The summed E-state index contributed by atoms with van der Waals surface area (Å²) in [6.07, 6.45) is 6.09. The van der Waals surface area contributed by atoms with E-state index >= 15 is 0 Å². The third-order valence-corrected chi connectivity index (χ3v) is 4.27. The van der Waals surface area contributed by atoms with Crippen molar-refractivity contribution in [3.8, 4) is 0 Å². The highest BCUT2D eigenvalue weighted by Gasteiger charge is 2.24. The van der Waals surface area contributed by atoms with Crippen molar-refractivity contribution < 1.29 is 14.8 Å². The second-order valence-corrected chi connectivity index (χ2v) is 6.57. The van der Waals surface area contributed by atoms with Crippen LogP contribution in [0.4, 0.5) is 0 Å². The maximum absolute atomic E-state index is 12.1. The van der Waals surface area contributed by atoms with Gasteiger partial charge in [-0.05, 0) is 37.8 Å². The van der Waals surface area contributed by atoms with Crippen LogP contribution in [-0.2, 0) is 24.2 Å². The Morgan fingerprint density at radius 1 is 1.18 bits per heavy atom. The summed E-state index contributed by atoms with van der Waals surface area (Å²) in [5.41, 5.74) is 6.71. The Bertz CT molecular complexity index is 687. The summed E-state index contributed by atoms with van der Waals surface area (Å²) in [6, 6.07) is 10.2. The zero-order valence-electron chi connectivity index (χ0n) is 15.9. The van der Waals surface area contributed by atoms with Crippen molar-refractivity contribution in [1.29, 1.82) is 0 Å². The molecule has 10 heteroatoms. The van der Waals surface area contributed by atoms with Gasteiger partial charge in [0.25, 0.3) is 0 Å². The SMILES string of the molecule is Cl.NCCCCC(NC(=O)Cn1cnc(CCCc2ccccc2)n1)B(O)O. The number of nitrogens with one attached hydrogen (secondary N) is 1. The van der Waals surface area contributed by atoms with E-state index in [0.717, 1.165) is 25.7 Å². The number of aromatic nitrogens is 3. The van der Waals surface area contributed by atoms with Gasteiger partial charge in [-0.1, -0.05) is 36.8 Å². The standard InChI is InChI=1S/C18H28BN5O3.ClH/c20-12-5-4-10-16(19(26)27)22-18(25)13-24-14-21-17(23-24)11-6-9-15-7-2-1-3-8-15;/h1-3,7-8,14,16,26-27H,4-6,9-13,20H2,(H,22,25);1H. The van der Waals surface area contributed by atoms with Crippen LogP contribution in [0.15, 0.2) is 36.7 Å². The number of hydrogen-bond donors (Lipinski definition) is 4. The molecule has 1 aromatic heterocycles. The maximum atomic E-state index is 12.1. The highest BCUT2D eigenvalue weighted by molar-refractivity contribution is 6.43. The number of aryl methyl sites for hydroxylation is 2. The van der Waals surface area contributed by atoms with Gasteiger partial charge in [-0.15, -0.1) is 12.4 Å². The summed E-state index contributed by atoms with van der Waals surface area (Å²) in [7, 11) is -1.60. The predicted octanol–water partition coefficient (Wildman–Crippen LogP) is 0.501. The molecule has 2 rings (SSSR count). The molecular weight excluding hydrogens is 380 g/mol. The van der Waals surface area contributed by atoms with Crippen LogP contribution in [0.2, 0.25) is 0 Å². The average Bonchev–Trinajstić information content (AvgIpc) is 3.09. The summed E-state index contributed by atoms with van der Waals surface area (Å²) in [6.45, 7) is 0.528. The lowest BCUT2D eigenvalue weighted by molar-refractivity contribution is -0.122. The zero-order valence-corrected chi connectivity index (χ0v) is 16.7. The topological polar surface area (TPSA) is 126 Å². The second kappa shape index (κ2) is 13.3. The fraction of sp³-hybridized carbons (Fsp3) is 0.500. The molecule has 0 fully saturated rings. The van der Waals surface area contributed by atoms with Crippen LogP contribution in [-0.4, -0.2) is 50.3 Å². The Hall–Kier alpha value is -1.94. The van der Waals surface area contributed by atoms with E-state index in [2.05, 4.69) is 27.5 Å². The van der Waals surface area contributed by atoms with Crippen LogP contribution < -0.4 is 11.1 Å². The number of hydrogen-bond acceptors (Lipinski definition) is 6. The number of unbranched alkanes of at least 4 members (excludes halogenated alkanes) is 1. The number of halogens is 1. The van der Waals surface area contributed by atoms with Crippen LogP contribution in [0, 0.1) is 0 Å². The number of rotatable bonds is 12. The Balaban J connectivity index is 0.00000392. The Labute approximate surface area is 172 Å². The lowest BCUT2D eigenvalue weighted by atomic mass is 9.76. The zero-order chi connectivity index (χ0) is 19.5. The molecule has 1 atom stereocenters. The van der Waals surface area contributed by atoms with Crippen molar-refractivity contribution >= 4 is 25.4 Å². The van der Waals surface area contributed by atoms with E-state index < -0.39 is 13.1 Å². The molecule has 0 aliphatic carbocycles. The van der Waals surface area contributed by atoms with Crippen LogP contribution in [0.3, 0.4) is 0 Å². The lowest BCUT2D eigenvalue weighted by Gasteiger charge is -2.17. The van der Waals surface area contributed by atoms with Crippen molar-refractivity contribution in [2.75, 3.05) is 6.54 Å². The molecule has 1 aromatic carbocycles. The quantitative estimate of drug-likeness (QED) is 0.299. The predicted molar refractivity (Wildman–Crippen MR) is 111 cm³/mol. The second-order valence-electron chi connectivity index (χ2n) is 6.57. The van der Waals surface area contributed by atoms with Crippen molar-refractivity contribution in [3.63, 3.8) is 0 Å². The number of benzene rings is 1. The normalized spacial score (nSPS) is 11.5. The van der Waals surface area contributed by atoms with Gasteiger partial charge < -0.3 is 21.1 Å². The largest absolute Gasteiger partial charge is 0.475 e. The van der Waals surface area contributed by atoms with E-state index in [4.69, 9.17) is 5.73 Å². The van der Waals surface area contributed by atoms with Gasteiger partial charge in [0.2, 0.25) is 5.91 Å². The van der Waals surface area contributed by atoms with E-state index in [1.54, 1.807) is 0 Å². The van der Waals surface area contributed by atoms with Gasteiger partial charge in [0, 0.05) is 6.42 Å². The molecule has 0 spiro atoms. The Morgan fingerprint density at radius 3 is 2.61 bits per heavy atom. The monoisotopic (exact) mass is 409 g/mol. The molecule has 28 heavy (non-hydrogen) atoms. The fourth-order valence-corrected chi connectivity index (χ4v) is 2.82. The number of amides is 1. The Kier molecular flexibility index (Phi) is 11.4. The van der Waals surface area contributed by atoms with Gasteiger partial charge in [0.1, 0.15) is 12.9 Å².